The number of alkyl halides is 3. The molecule has 0 atom stereocenters. The van der Waals surface area contributed by atoms with Gasteiger partial charge < -0.3 is 15.1 Å². The summed E-state index contributed by atoms with van der Waals surface area (Å²) in [7, 11) is 0. The lowest BCUT2D eigenvalue weighted by Gasteiger charge is -2.40. The zero-order valence-electron chi connectivity index (χ0n) is 23.4. The topological polar surface area (TPSA) is 48.5 Å². The third-order valence-corrected chi connectivity index (χ3v) is 8.21. The molecule has 0 spiro atoms. The highest BCUT2D eigenvalue weighted by atomic mass is 19.4. The number of nitrogens with zero attached hydrogens (tertiary/aromatic N) is 3. The van der Waals surface area contributed by atoms with Gasteiger partial charge in [0.2, 0.25) is 5.91 Å². The van der Waals surface area contributed by atoms with Crippen LogP contribution >= 0.6 is 0 Å². The molecule has 3 aromatic rings. The number of carbonyl (C=O) groups excluding carboxylic acids is 1. The number of anilines is 2. The zero-order chi connectivity index (χ0) is 28.8. The fraction of sp³-hybridized carbons (Fsp3) is 0.394. The minimum atomic E-state index is -4.38. The number of hydrogen-bond acceptors (Lipinski definition) is 4. The molecule has 2 heterocycles. The molecule has 8 heteroatoms. The first-order valence-electron chi connectivity index (χ1n) is 14.4. The Morgan fingerprint density at radius 3 is 2.29 bits per heavy atom. The fourth-order valence-electron chi connectivity index (χ4n) is 5.95. The van der Waals surface area contributed by atoms with Crippen LogP contribution in [0.25, 0.3) is 6.08 Å². The highest BCUT2D eigenvalue weighted by molar-refractivity contribution is 5.92. The van der Waals surface area contributed by atoms with Gasteiger partial charge in [-0.25, -0.2) is 0 Å². The monoisotopic (exact) mass is 562 g/mol. The van der Waals surface area contributed by atoms with Crippen LogP contribution in [-0.2, 0) is 17.5 Å². The summed E-state index contributed by atoms with van der Waals surface area (Å²) in [4.78, 5) is 22.3. The van der Waals surface area contributed by atoms with Crippen molar-refractivity contribution < 1.29 is 18.0 Å². The molecule has 1 aliphatic heterocycles. The van der Waals surface area contributed by atoms with Crippen molar-refractivity contribution >= 4 is 23.4 Å². The van der Waals surface area contributed by atoms with Gasteiger partial charge in [-0.1, -0.05) is 37.1 Å². The van der Waals surface area contributed by atoms with Crippen LogP contribution in [0.1, 0.15) is 60.9 Å². The van der Waals surface area contributed by atoms with Gasteiger partial charge in [-0.3, -0.25) is 9.78 Å². The summed E-state index contributed by atoms with van der Waals surface area (Å²) in [5.41, 5.74) is 3.73. The van der Waals surface area contributed by atoms with Gasteiger partial charge in [0.05, 0.1) is 5.56 Å². The molecular formula is C33H37F3N4O. The number of rotatable bonds is 8. The van der Waals surface area contributed by atoms with Crippen LogP contribution in [0.4, 0.5) is 24.5 Å². The van der Waals surface area contributed by atoms with Gasteiger partial charge in [-0.2, -0.15) is 13.2 Å². The summed E-state index contributed by atoms with van der Waals surface area (Å²) in [6.07, 6.45) is 7.45. The molecule has 1 N–H and O–H groups in total. The summed E-state index contributed by atoms with van der Waals surface area (Å²) in [6.45, 7) is 4.38. The molecule has 2 fully saturated rings. The number of aromatic nitrogens is 1. The number of carbonyl (C=O) groups is 1. The van der Waals surface area contributed by atoms with E-state index in [0.29, 0.717) is 18.2 Å². The molecule has 0 bridgehead atoms. The molecular weight excluding hydrogens is 525 g/mol. The molecule has 5 rings (SSSR count). The predicted molar refractivity (Wildman–Crippen MR) is 157 cm³/mol. The molecule has 1 saturated heterocycles. The van der Waals surface area contributed by atoms with E-state index in [2.05, 4.69) is 15.2 Å². The number of piperidine rings is 1. The van der Waals surface area contributed by atoms with E-state index in [9.17, 15) is 18.0 Å². The highest BCUT2D eigenvalue weighted by Gasteiger charge is 2.31. The van der Waals surface area contributed by atoms with Crippen LogP contribution in [0.2, 0.25) is 0 Å². The number of benzene rings is 2. The SMILES string of the molecule is Cc1cc(Nc2ccc(CN(C(=O)C=Cc3ccc(C(F)(F)F)cc3)C3CCN(C4CCCC4)CC3)cc2)ccn1. The number of amides is 1. The van der Waals surface area contributed by atoms with E-state index in [1.54, 1.807) is 12.3 Å². The third-order valence-electron chi connectivity index (χ3n) is 8.21. The standard InChI is InChI=1S/C33H37F3N4O/c1-24-22-29(16-19-37-24)38-28-13-8-26(9-14-28)23-40(31-17-20-39(21-18-31)30-4-2-3-5-30)32(41)15-10-25-6-11-27(12-7-25)33(34,35)36/h6-16,19,22,30-31H,2-5,17-18,20-21,23H2,1H3,(H,37,38). The molecule has 5 nitrogen and oxygen atoms in total. The Kier molecular flexibility index (Phi) is 9.08. The summed E-state index contributed by atoms with van der Waals surface area (Å²) in [6, 6.07) is 17.6. The number of aryl methyl sites for hydroxylation is 1. The van der Waals surface area contributed by atoms with Crippen molar-refractivity contribution in [2.24, 2.45) is 0 Å². The van der Waals surface area contributed by atoms with E-state index in [0.717, 1.165) is 60.7 Å². The van der Waals surface area contributed by atoms with Crippen molar-refractivity contribution in [2.45, 2.75) is 70.3 Å². The second-order valence-corrected chi connectivity index (χ2v) is 11.1. The number of pyridine rings is 1. The molecule has 2 aliphatic rings. The normalized spacial score (nSPS) is 17.3. The molecule has 1 amide bonds. The zero-order valence-corrected chi connectivity index (χ0v) is 23.4. The van der Waals surface area contributed by atoms with E-state index >= 15 is 0 Å². The van der Waals surface area contributed by atoms with Gasteiger partial charge in [0.1, 0.15) is 0 Å². The van der Waals surface area contributed by atoms with Gasteiger partial charge in [0.15, 0.2) is 0 Å². The second kappa shape index (κ2) is 12.9. The molecule has 1 aliphatic carbocycles. The first kappa shape index (κ1) is 28.9. The van der Waals surface area contributed by atoms with Gasteiger partial charge in [-0.15, -0.1) is 0 Å². The van der Waals surface area contributed by atoms with E-state index in [1.165, 1.54) is 43.9 Å². The minimum Gasteiger partial charge on any atom is -0.355 e. The second-order valence-electron chi connectivity index (χ2n) is 11.1. The van der Waals surface area contributed by atoms with Gasteiger partial charge in [0, 0.05) is 61.1 Å². The van der Waals surface area contributed by atoms with Crippen molar-refractivity contribution in [1.29, 1.82) is 0 Å². The average Bonchev–Trinajstić information content (AvgIpc) is 3.51. The lowest BCUT2D eigenvalue weighted by molar-refractivity contribution is -0.137. The smallest absolute Gasteiger partial charge is 0.355 e. The Hall–Kier alpha value is -3.65. The Labute approximate surface area is 240 Å². The number of halogens is 3. The molecule has 41 heavy (non-hydrogen) atoms. The maximum Gasteiger partial charge on any atom is 0.416 e. The first-order valence-corrected chi connectivity index (χ1v) is 14.4. The number of nitrogens with one attached hydrogen (secondary N) is 1. The van der Waals surface area contributed by atoms with E-state index in [1.807, 2.05) is 48.2 Å². The van der Waals surface area contributed by atoms with Crippen LogP contribution in [0.5, 0.6) is 0 Å². The lowest BCUT2D eigenvalue weighted by Crippen LogP contribution is -2.48. The van der Waals surface area contributed by atoms with Crippen molar-refractivity contribution in [3.05, 3.63) is 95.3 Å². The molecule has 2 aromatic carbocycles. The number of likely N-dealkylation sites (tertiary alicyclic amines) is 1. The van der Waals surface area contributed by atoms with E-state index in [-0.39, 0.29) is 11.9 Å². The first-order chi connectivity index (χ1) is 19.7. The maximum atomic E-state index is 13.6. The maximum absolute atomic E-state index is 13.6. The number of hydrogen-bond donors (Lipinski definition) is 1. The van der Waals surface area contributed by atoms with Gasteiger partial charge >= 0.3 is 6.18 Å². The van der Waals surface area contributed by atoms with E-state index in [4.69, 9.17) is 0 Å². The van der Waals surface area contributed by atoms with Crippen LogP contribution < -0.4 is 5.32 Å². The largest absolute Gasteiger partial charge is 0.416 e. The Balaban J connectivity index is 1.28. The molecule has 0 radical (unpaired) electrons. The molecule has 0 unspecified atom stereocenters. The molecule has 1 aromatic heterocycles. The summed E-state index contributed by atoms with van der Waals surface area (Å²) >= 11 is 0. The van der Waals surface area contributed by atoms with Crippen LogP contribution in [-0.4, -0.2) is 45.9 Å². The summed E-state index contributed by atoms with van der Waals surface area (Å²) in [5.74, 6) is -0.126. The van der Waals surface area contributed by atoms with Crippen molar-refractivity contribution in [2.75, 3.05) is 18.4 Å². The lowest BCUT2D eigenvalue weighted by atomic mass is 9.99. The predicted octanol–water partition coefficient (Wildman–Crippen LogP) is 7.60. The fourth-order valence-corrected chi connectivity index (χ4v) is 5.95. The average molecular weight is 563 g/mol. The molecule has 216 valence electrons. The molecule has 1 saturated carbocycles. The highest BCUT2D eigenvalue weighted by Crippen LogP contribution is 2.30. The van der Waals surface area contributed by atoms with Crippen molar-refractivity contribution in [1.82, 2.24) is 14.8 Å². The minimum absolute atomic E-state index is 0.106. The summed E-state index contributed by atoms with van der Waals surface area (Å²) < 4.78 is 38.8. The van der Waals surface area contributed by atoms with Crippen molar-refractivity contribution in [3.63, 3.8) is 0 Å². The van der Waals surface area contributed by atoms with Gasteiger partial charge in [-0.05, 0) is 86.2 Å². The van der Waals surface area contributed by atoms with Crippen molar-refractivity contribution in [3.8, 4) is 0 Å². The Morgan fingerprint density at radius 1 is 0.976 bits per heavy atom. The van der Waals surface area contributed by atoms with Gasteiger partial charge in [0.25, 0.3) is 0 Å². The van der Waals surface area contributed by atoms with Crippen LogP contribution in [0.15, 0.2) is 72.9 Å². The summed E-state index contributed by atoms with van der Waals surface area (Å²) in [5, 5.41) is 3.39. The van der Waals surface area contributed by atoms with Crippen LogP contribution in [0, 0.1) is 6.92 Å². The van der Waals surface area contributed by atoms with E-state index < -0.39 is 11.7 Å². The van der Waals surface area contributed by atoms with Crippen LogP contribution in [0.3, 0.4) is 0 Å². The Morgan fingerprint density at radius 2 is 1.66 bits per heavy atom. The quantitative estimate of drug-likeness (QED) is 0.287. The Bertz CT molecular complexity index is 1320. The third kappa shape index (κ3) is 7.76.